The maximum atomic E-state index is 12.4. The van der Waals surface area contributed by atoms with E-state index in [1.54, 1.807) is 19.1 Å². The zero-order valence-corrected chi connectivity index (χ0v) is 18.1. The molecule has 0 aliphatic carbocycles. The molecule has 1 unspecified atom stereocenters. The van der Waals surface area contributed by atoms with Gasteiger partial charge >= 0.3 is 0 Å². The summed E-state index contributed by atoms with van der Waals surface area (Å²) in [6, 6.07) is 12.1. The molecule has 0 saturated heterocycles. The topological polar surface area (TPSA) is 104 Å². The van der Waals surface area contributed by atoms with Crippen LogP contribution in [0.4, 0.5) is 0 Å². The summed E-state index contributed by atoms with van der Waals surface area (Å²) < 4.78 is 0. The summed E-state index contributed by atoms with van der Waals surface area (Å²) >= 11 is 0. The average Bonchev–Trinajstić information content (AvgIpc) is 2.70. The van der Waals surface area contributed by atoms with Crippen LogP contribution in [0.5, 0.6) is 5.75 Å². The van der Waals surface area contributed by atoms with Crippen molar-refractivity contribution in [2.45, 2.75) is 58.5 Å². The van der Waals surface area contributed by atoms with Crippen molar-refractivity contribution in [3.05, 3.63) is 64.7 Å². The maximum absolute atomic E-state index is 12.4. The Morgan fingerprint density at radius 1 is 1.03 bits per heavy atom. The molecule has 5 N–H and O–H groups in total. The number of unbranched alkanes of at least 4 members (excludes halogenated alkanes) is 1. The summed E-state index contributed by atoms with van der Waals surface area (Å²) in [6.45, 7) is 5.98. The molecule has 0 bridgehead atoms. The van der Waals surface area contributed by atoms with Crippen LogP contribution >= 0.6 is 0 Å². The van der Waals surface area contributed by atoms with Gasteiger partial charge in [0.2, 0.25) is 11.8 Å². The molecule has 0 spiro atoms. The van der Waals surface area contributed by atoms with E-state index in [4.69, 9.17) is 5.73 Å². The van der Waals surface area contributed by atoms with Gasteiger partial charge in [-0.05, 0) is 80.8 Å². The third kappa shape index (κ3) is 7.19. The molecular weight excluding hydrogens is 378 g/mol. The molecule has 2 aromatic rings. The van der Waals surface area contributed by atoms with Crippen LogP contribution < -0.4 is 16.4 Å². The number of rotatable bonds is 10. The molecule has 0 fully saturated rings. The van der Waals surface area contributed by atoms with Gasteiger partial charge in [-0.15, -0.1) is 0 Å². The number of hydrogen-bond donors (Lipinski definition) is 4. The van der Waals surface area contributed by atoms with Crippen LogP contribution in [0, 0.1) is 13.8 Å². The van der Waals surface area contributed by atoms with E-state index in [2.05, 4.69) is 22.8 Å². The fourth-order valence-corrected chi connectivity index (χ4v) is 3.45. The van der Waals surface area contributed by atoms with Gasteiger partial charge in [-0.3, -0.25) is 9.59 Å². The van der Waals surface area contributed by atoms with E-state index >= 15 is 0 Å². The molecule has 162 valence electrons. The Kier molecular flexibility index (Phi) is 8.87. The molecule has 0 aliphatic rings. The number of aryl methyl sites for hydroxylation is 3. The summed E-state index contributed by atoms with van der Waals surface area (Å²) in [6.07, 6.45) is 3.19. The van der Waals surface area contributed by atoms with Crippen molar-refractivity contribution >= 4 is 11.8 Å². The molecule has 2 atom stereocenters. The van der Waals surface area contributed by atoms with E-state index < -0.39 is 12.1 Å². The molecule has 0 heterocycles. The van der Waals surface area contributed by atoms with E-state index in [0.717, 1.165) is 36.0 Å². The van der Waals surface area contributed by atoms with Crippen LogP contribution in [0.3, 0.4) is 0 Å². The zero-order chi connectivity index (χ0) is 22.1. The molecule has 6 heteroatoms. The first-order valence-corrected chi connectivity index (χ1v) is 10.4. The van der Waals surface area contributed by atoms with Crippen molar-refractivity contribution < 1.29 is 14.7 Å². The van der Waals surface area contributed by atoms with Gasteiger partial charge in [0.1, 0.15) is 11.8 Å². The van der Waals surface area contributed by atoms with Gasteiger partial charge in [0.15, 0.2) is 0 Å². The molecular formula is C24H33N3O3. The minimum Gasteiger partial charge on any atom is -0.508 e. The van der Waals surface area contributed by atoms with E-state index in [9.17, 15) is 14.7 Å². The largest absolute Gasteiger partial charge is 0.508 e. The second kappa shape index (κ2) is 11.4. The first-order valence-electron chi connectivity index (χ1n) is 10.4. The Bertz CT molecular complexity index is 829. The molecule has 2 amide bonds. The van der Waals surface area contributed by atoms with Gasteiger partial charge in [0, 0.05) is 6.54 Å². The van der Waals surface area contributed by atoms with Crippen LogP contribution in [-0.2, 0) is 22.4 Å². The molecule has 2 rings (SSSR count). The summed E-state index contributed by atoms with van der Waals surface area (Å²) in [7, 11) is 0. The number of hydrogen-bond acceptors (Lipinski definition) is 4. The van der Waals surface area contributed by atoms with Crippen LogP contribution in [0.25, 0.3) is 0 Å². The van der Waals surface area contributed by atoms with Crippen LogP contribution in [-0.4, -0.2) is 35.5 Å². The molecule has 0 aromatic heterocycles. The lowest BCUT2D eigenvalue weighted by Crippen LogP contribution is -2.51. The second-order valence-electron chi connectivity index (χ2n) is 7.83. The molecule has 6 nitrogen and oxygen atoms in total. The SMILES string of the molecule is Cc1cc(O)cc(C)c1CC(N)C(=O)N[C@H](C)C(=O)NCCCCc1ccccc1. The molecule has 0 radical (unpaired) electrons. The van der Waals surface area contributed by atoms with Crippen molar-refractivity contribution in [2.24, 2.45) is 5.73 Å². The first kappa shape index (κ1) is 23.4. The number of amides is 2. The predicted molar refractivity (Wildman–Crippen MR) is 119 cm³/mol. The molecule has 2 aromatic carbocycles. The van der Waals surface area contributed by atoms with Crippen molar-refractivity contribution in [3.8, 4) is 5.75 Å². The Labute approximate surface area is 178 Å². The van der Waals surface area contributed by atoms with E-state index in [-0.39, 0.29) is 17.6 Å². The Hall–Kier alpha value is -2.86. The first-order chi connectivity index (χ1) is 14.3. The lowest BCUT2D eigenvalue weighted by Gasteiger charge is -2.19. The van der Waals surface area contributed by atoms with Crippen molar-refractivity contribution in [2.75, 3.05) is 6.54 Å². The van der Waals surface area contributed by atoms with E-state index in [1.807, 2.05) is 32.0 Å². The molecule has 30 heavy (non-hydrogen) atoms. The van der Waals surface area contributed by atoms with Gasteiger partial charge in [-0.1, -0.05) is 30.3 Å². The van der Waals surface area contributed by atoms with E-state index in [1.165, 1.54) is 5.56 Å². The van der Waals surface area contributed by atoms with Crippen molar-refractivity contribution in [1.29, 1.82) is 0 Å². The van der Waals surface area contributed by atoms with Gasteiger partial charge in [0.05, 0.1) is 6.04 Å². The summed E-state index contributed by atoms with van der Waals surface area (Å²) in [4.78, 5) is 24.7. The number of nitrogens with two attached hydrogens (primary N) is 1. The Morgan fingerprint density at radius 3 is 2.30 bits per heavy atom. The highest BCUT2D eigenvalue weighted by Gasteiger charge is 2.21. The summed E-state index contributed by atoms with van der Waals surface area (Å²) in [5, 5.41) is 15.2. The third-order valence-corrected chi connectivity index (χ3v) is 5.23. The zero-order valence-electron chi connectivity index (χ0n) is 18.1. The number of carbonyl (C=O) groups is 2. The highest BCUT2D eigenvalue weighted by molar-refractivity contribution is 5.89. The number of carbonyl (C=O) groups excluding carboxylic acids is 2. The standard InChI is InChI=1S/C24H33N3O3/c1-16-13-20(28)14-17(2)21(16)15-22(25)24(30)27-18(3)23(29)26-12-8-7-11-19-9-5-4-6-10-19/h4-6,9-10,13-14,18,22,28H,7-8,11-12,15,25H2,1-3H3,(H,26,29)(H,27,30)/t18-,22?/m1/s1. The quantitative estimate of drug-likeness (QED) is 0.451. The molecule has 0 aliphatic heterocycles. The van der Waals surface area contributed by atoms with Gasteiger partial charge in [-0.25, -0.2) is 0 Å². The smallest absolute Gasteiger partial charge is 0.242 e. The van der Waals surface area contributed by atoms with Gasteiger partial charge in [0.25, 0.3) is 0 Å². The fourth-order valence-electron chi connectivity index (χ4n) is 3.45. The predicted octanol–water partition coefficient (Wildman–Crippen LogP) is 2.52. The van der Waals surface area contributed by atoms with Gasteiger partial charge in [-0.2, -0.15) is 0 Å². The number of benzene rings is 2. The minimum atomic E-state index is -0.770. The number of phenols is 1. The second-order valence-corrected chi connectivity index (χ2v) is 7.83. The van der Waals surface area contributed by atoms with Crippen LogP contribution in [0.1, 0.15) is 42.0 Å². The average molecular weight is 412 g/mol. The third-order valence-electron chi connectivity index (χ3n) is 5.23. The Morgan fingerprint density at radius 2 is 1.67 bits per heavy atom. The number of aromatic hydroxyl groups is 1. The minimum absolute atomic E-state index is 0.195. The Balaban J connectivity index is 1.72. The van der Waals surface area contributed by atoms with Crippen LogP contribution in [0.15, 0.2) is 42.5 Å². The van der Waals surface area contributed by atoms with E-state index in [0.29, 0.717) is 13.0 Å². The lowest BCUT2D eigenvalue weighted by atomic mass is 9.96. The number of phenolic OH excluding ortho intramolecular Hbond substituents is 1. The van der Waals surface area contributed by atoms with Crippen molar-refractivity contribution in [1.82, 2.24) is 10.6 Å². The normalized spacial score (nSPS) is 12.8. The highest BCUT2D eigenvalue weighted by Crippen LogP contribution is 2.21. The maximum Gasteiger partial charge on any atom is 0.242 e. The summed E-state index contributed by atoms with van der Waals surface area (Å²) in [5.74, 6) is -0.387. The van der Waals surface area contributed by atoms with Gasteiger partial charge < -0.3 is 21.5 Å². The lowest BCUT2D eigenvalue weighted by molar-refractivity contribution is -0.129. The monoisotopic (exact) mass is 411 g/mol. The number of nitrogens with one attached hydrogen (secondary N) is 2. The van der Waals surface area contributed by atoms with Crippen LogP contribution in [0.2, 0.25) is 0 Å². The highest BCUT2D eigenvalue weighted by atomic mass is 16.3. The molecule has 0 saturated carbocycles. The fraction of sp³-hybridized carbons (Fsp3) is 0.417. The van der Waals surface area contributed by atoms with Crippen molar-refractivity contribution in [3.63, 3.8) is 0 Å². The summed E-state index contributed by atoms with van der Waals surface area (Å²) in [5.41, 5.74) is 10.1.